The molecule has 0 aliphatic rings. The summed E-state index contributed by atoms with van der Waals surface area (Å²) in [6.07, 6.45) is 1.74. The summed E-state index contributed by atoms with van der Waals surface area (Å²) in [6.45, 7) is 6.96. The standard InChI is InChI=1S/C8H17NO/c1-7(2)5-9(4)6-8(3)10/h6-7,10H,5H2,1-4H3/b8-6-. The van der Waals surface area contributed by atoms with Gasteiger partial charge in [-0.05, 0) is 12.8 Å². The smallest absolute Gasteiger partial charge is 0.105 e. The van der Waals surface area contributed by atoms with Crippen LogP contribution in [0.5, 0.6) is 0 Å². The Kier molecular flexibility index (Phi) is 3.93. The van der Waals surface area contributed by atoms with Crippen LogP contribution in [-0.2, 0) is 0 Å². The van der Waals surface area contributed by atoms with E-state index in [4.69, 9.17) is 5.11 Å². The fourth-order valence-electron chi connectivity index (χ4n) is 0.948. The van der Waals surface area contributed by atoms with Crippen LogP contribution in [0.4, 0.5) is 0 Å². The molecule has 0 heterocycles. The Morgan fingerprint density at radius 3 is 2.40 bits per heavy atom. The maximum absolute atomic E-state index is 8.86. The summed E-state index contributed by atoms with van der Waals surface area (Å²) in [4.78, 5) is 1.99. The third-order valence-corrected chi connectivity index (χ3v) is 1.06. The highest BCUT2D eigenvalue weighted by molar-refractivity contribution is 4.84. The van der Waals surface area contributed by atoms with Crippen molar-refractivity contribution in [1.82, 2.24) is 4.90 Å². The molecule has 0 amide bonds. The maximum Gasteiger partial charge on any atom is 0.105 e. The van der Waals surface area contributed by atoms with E-state index in [1.807, 2.05) is 11.9 Å². The molecular formula is C8H17NO. The lowest BCUT2D eigenvalue weighted by Gasteiger charge is -2.16. The van der Waals surface area contributed by atoms with Crippen LogP contribution in [0.15, 0.2) is 12.0 Å². The van der Waals surface area contributed by atoms with Crippen molar-refractivity contribution in [2.24, 2.45) is 5.92 Å². The SMILES string of the molecule is C/C(O)=C/N(C)CC(C)C. The maximum atomic E-state index is 8.86. The average Bonchev–Trinajstić information content (AvgIpc) is 1.58. The molecule has 0 aliphatic heterocycles. The third kappa shape index (κ3) is 5.48. The number of aliphatic hydroxyl groups is 1. The van der Waals surface area contributed by atoms with Gasteiger partial charge in [0.05, 0.1) is 0 Å². The summed E-state index contributed by atoms with van der Waals surface area (Å²) >= 11 is 0. The Bertz CT molecular complexity index is 114. The van der Waals surface area contributed by atoms with Gasteiger partial charge in [0.2, 0.25) is 0 Å². The predicted molar refractivity (Wildman–Crippen MR) is 43.9 cm³/mol. The molecule has 0 radical (unpaired) electrons. The minimum absolute atomic E-state index is 0.364. The summed E-state index contributed by atoms with van der Waals surface area (Å²) in [6, 6.07) is 0. The van der Waals surface area contributed by atoms with E-state index in [0.29, 0.717) is 11.7 Å². The first kappa shape index (κ1) is 9.34. The van der Waals surface area contributed by atoms with Gasteiger partial charge in [0.15, 0.2) is 0 Å². The van der Waals surface area contributed by atoms with Crippen molar-refractivity contribution in [3.8, 4) is 0 Å². The highest BCUT2D eigenvalue weighted by Gasteiger charge is 1.96. The first-order valence-corrected chi connectivity index (χ1v) is 3.60. The Balaban J connectivity index is 3.64. The molecule has 10 heavy (non-hydrogen) atoms. The first-order chi connectivity index (χ1) is 4.52. The van der Waals surface area contributed by atoms with Crippen LogP contribution in [0.1, 0.15) is 20.8 Å². The van der Waals surface area contributed by atoms with Crippen LogP contribution in [0.3, 0.4) is 0 Å². The number of hydrogen-bond donors (Lipinski definition) is 1. The highest BCUT2D eigenvalue weighted by Crippen LogP contribution is 1.97. The molecule has 0 rings (SSSR count). The zero-order valence-corrected chi connectivity index (χ0v) is 7.26. The second-order valence-corrected chi connectivity index (χ2v) is 3.10. The Morgan fingerprint density at radius 1 is 1.60 bits per heavy atom. The second kappa shape index (κ2) is 4.20. The molecule has 0 saturated carbocycles. The van der Waals surface area contributed by atoms with Crippen LogP contribution in [-0.4, -0.2) is 23.6 Å². The zero-order chi connectivity index (χ0) is 8.15. The molecule has 0 fully saturated rings. The van der Waals surface area contributed by atoms with Crippen LogP contribution in [0.2, 0.25) is 0 Å². The van der Waals surface area contributed by atoms with Crippen molar-refractivity contribution in [2.75, 3.05) is 13.6 Å². The monoisotopic (exact) mass is 143 g/mol. The van der Waals surface area contributed by atoms with E-state index in [-0.39, 0.29) is 0 Å². The van der Waals surface area contributed by atoms with Crippen LogP contribution in [0.25, 0.3) is 0 Å². The third-order valence-electron chi connectivity index (χ3n) is 1.06. The van der Waals surface area contributed by atoms with Gasteiger partial charge in [-0.25, -0.2) is 0 Å². The molecule has 0 atom stereocenters. The quantitative estimate of drug-likeness (QED) is 0.611. The summed E-state index contributed by atoms with van der Waals surface area (Å²) in [5.41, 5.74) is 0. The van der Waals surface area contributed by atoms with E-state index in [1.54, 1.807) is 13.1 Å². The summed E-state index contributed by atoms with van der Waals surface area (Å²) in [7, 11) is 1.96. The van der Waals surface area contributed by atoms with Crippen LogP contribution >= 0.6 is 0 Å². The molecule has 60 valence electrons. The minimum Gasteiger partial charge on any atom is -0.511 e. The van der Waals surface area contributed by atoms with Gasteiger partial charge in [0.25, 0.3) is 0 Å². The number of nitrogens with zero attached hydrogens (tertiary/aromatic N) is 1. The van der Waals surface area contributed by atoms with Crippen molar-refractivity contribution in [1.29, 1.82) is 0 Å². The Hall–Kier alpha value is -0.660. The minimum atomic E-state index is 0.364. The van der Waals surface area contributed by atoms with Crippen molar-refractivity contribution in [3.63, 3.8) is 0 Å². The molecule has 2 nitrogen and oxygen atoms in total. The molecule has 0 aromatic rings. The second-order valence-electron chi connectivity index (χ2n) is 3.10. The van der Waals surface area contributed by atoms with Crippen molar-refractivity contribution < 1.29 is 5.11 Å². The molecule has 0 bridgehead atoms. The Labute approximate surface area is 63.2 Å². The van der Waals surface area contributed by atoms with E-state index in [2.05, 4.69) is 13.8 Å². The van der Waals surface area contributed by atoms with Crippen LogP contribution in [0, 0.1) is 5.92 Å². The van der Waals surface area contributed by atoms with E-state index in [1.165, 1.54) is 0 Å². The lowest BCUT2D eigenvalue weighted by atomic mass is 10.2. The molecule has 0 aromatic carbocycles. The van der Waals surface area contributed by atoms with Crippen molar-refractivity contribution in [3.05, 3.63) is 12.0 Å². The molecule has 1 N–H and O–H groups in total. The van der Waals surface area contributed by atoms with Gasteiger partial charge >= 0.3 is 0 Å². The normalized spacial score (nSPS) is 12.3. The van der Waals surface area contributed by atoms with Crippen molar-refractivity contribution in [2.45, 2.75) is 20.8 Å². The molecule has 0 aromatic heterocycles. The lowest BCUT2D eigenvalue weighted by molar-refractivity contribution is 0.348. The molecule has 0 spiro atoms. The van der Waals surface area contributed by atoms with Crippen LogP contribution < -0.4 is 0 Å². The Morgan fingerprint density at radius 2 is 2.10 bits per heavy atom. The van der Waals surface area contributed by atoms with Gasteiger partial charge < -0.3 is 10.0 Å². The average molecular weight is 143 g/mol. The van der Waals surface area contributed by atoms with Gasteiger partial charge in [0, 0.05) is 19.8 Å². The lowest BCUT2D eigenvalue weighted by Crippen LogP contribution is -2.17. The highest BCUT2D eigenvalue weighted by atomic mass is 16.3. The fourth-order valence-corrected chi connectivity index (χ4v) is 0.948. The number of rotatable bonds is 3. The molecule has 2 heteroatoms. The van der Waals surface area contributed by atoms with Gasteiger partial charge in [-0.1, -0.05) is 13.8 Å². The fraction of sp³-hybridized carbons (Fsp3) is 0.750. The van der Waals surface area contributed by atoms with Crippen molar-refractivity contribution >= 4 is 0 Å². The number of hydrogen-bond acceptors (Lipinski definition) is 2. The zero-order valence-electron chi connectivity index (χ0n) is 7.26. The predicted octanol–water partition coefficient (Wildman–Crippen LogP) is 1.99. The molecule has 0 aliphatic carbocycles. The topological polar surface area (TPSA) is 23.5 Å². The molecular weight excluding hydrogens is 126 g/mol. The van der Waals surface area contributed by atoms with E-state index < -0.39 is 0 Å². The largest absolute Gasteiger partial charge is 0.511 e. The molecule has 0 saturated heterocycles. The van der Waals surface area contributed by atoms with Gasteiger partial charge in [-0.2, -0.15) is 0 Å². The summed E-state index contributed by atoms with van der Waals surface area (Å²) in [5, 5.41) is 8.86. The van der Waals surface area contributed by atoms with E-state index in [0.717, 1.165) is 6.54 Å². The summed E-state index contributed by atoms with van der Waals surface area (Å²) < 4.78 is 0. The van der Waals surface area contributed by atoms with Gasteiger partial charge in [0.1, 0.15) is 5.76 Å². The van der Waals surface area contributed by atoms with E-state index >= 15 is 0 Å². The summed E-state index contributed by atoms with van der Waals surface area (Å²) in [5.74, 6) is 1.00. The molecule has 0 unspecified atom stereocenters. The number of aliphatic hydroxyl groups excluding tert-OH is 1. The first-order valence-electron chi connectivity index (χ1n) is 3.60. The van der Waals surface area contributed by atoms with Gasteiger partial charge in [-0.3, -0.25) is 0 Å². The van der Waals surface area contributed by atoms with E-state index in [9.17, 15) is 0 Å². The number of allylic oxidation sites excluding steroid dienone is 1. The van der Waals surface area contributed by atoms with Gasteiger partial charge in [-0.15, -0.1) is 0 Å².